The van der Waals surface area contributed by atoms with Crippen molar-refractivity contribution in [2.24, 2.45) is 0 Å². The number of para-hydroxylation sites is 1. The van der Waals surface area contributed by atoms with Crippen LogP contribution in [0.2, 0.25) is 10.0 Å². The molecule has 0 radical (unpaired) electrons. The summed E-state index contributed by atoms with van der Waals surface area (Å²) in [5.41, 5.74) is 9.89. The van der Waals surface area contributed by atoms with Crippen LogP contribution in [0.1, 0.15) is 25.7 Å². The number of nitrogens with two attached hydrogens (primary N) is 1. The highest BCUT2D eigenvalue weighted by Crippen LogP contribution is 2.43. The van der Waals surface area contributed by atoms with Gasteiger partial charge in [-0.15, -0.1) is 11.3 Å². The lowest BCUT2D eigenvalue weighted by atomic mass is 9.94. The minimum Gasteiger partial charge on any atom is -0.495 e. The SMILES string of the molecule is COc1cc(NC(=O)c2sc3nc(C)c(C(=O)Nc4ccccc4)c(-c4ccc(Cl)cc4)c3c2N)c(OC)cc1Cl. The molecule has 0 saturated heterocycles. The summed E-state index contributed by atoms with van der Waals surface area (Å²) in [5, 5.41) is 7.13. The highest BCUT2D eigenvalue weighted by Gasteiger charge is 2.27. The molecule has 2 heterocycles. The normalized spacial score (nSPS) is 10.9. The van der Waals surface area contributed by atoms with Gasteiger partial charge in [-0.3, -0.25) is 9.59 Å². The first-order valence-electron chi connectivity index (χ1n) is 12.3. The predicted octanol–water partition coefficient (Wildman–Crippen LogP) is 7.68. The molecule has 41 heavy (non-hydrogen) atoms. The molecule has 0 bridgehead atoms. The molecule has 0 fully saturated rings. The third-order valence-electron chi connectivity index (χ3n) is 6.38. The number of ether oxygens (including phenoxy) is 2. The molecule has 208 valence electrons. The van der Waals surface area contributed by atoms with Gasteiger partial charge in [-0.25, -0.2) is 4.98 Å². The van der Waals surface area contributed by atoms with E-state index in [0.717, 1.165) is 11.3 Å². The molecule has 11 heteroatoms. The standard InChI is InChI=1S/C30H24Cl2N4O4S/c1-15-23(28(37)35-18-7-5-4-6-8-18)24(16-9-11-17(31)12-10-16)25-26(33)27(41-30(25)34-15)29(38)36-20-14-21(39-2)19(32)13-22(20)40-3/h4-14H,33H2,1-3H3,(H,35,37)(H,36,38). The fourth-order valence-electron chi connectivity index (χ4n) is 4.47. The van der Waals surface area contributed by atoms with Crippen LogP contribution in [0.15, 0.2) is 66.7 Å². The molecular formula is C30H24Cl2N4O4S. The predicted molar refractivity (Wildman–Crippen MR) is 166 cm³/mol. The van der Waals surface area contributed by atoms with E-state index in [-0.39, 0.29) is 16.5 Å². The van der Waals surface area contributed by atoms with Crippen molar-refractivity contribution in [1.29, 1.82) is 0 Å². The van der Waals surface area contributed by atoms with Crippen LogP contribution in [0, 0.1) is 6.92 Å². The second-order valence-corrected chi connectivity index (χ2v) is 10.8. The lowest BCUT2D eigenvalue weighted by Gasteiger charge is -2.15. The van der Waals surface area contributed by atoms with Crippen molar-refractivity contribution in [3.8, 4) is 22.6 Å². The van der Waals surface area contributed by atoms with E-state index in [0.29, 0.717) is 65.5 Å². The van der Waals surface area contributed by atoms with Crippen LogP contribution in [0.25, 0.3) is 21.3 Å². The van der Waals surface area contributed by atoms with Crippen molar-refractivity contribution in [1.82, 2.24) is 4.98 Å². The van der Waals surface area contributed by atoms with Crippen LogP contribution in [0.5, 0.6) is 11.5 Å². The molecule has 0 atom stereocenters. The van der Waals surface area contributed by atoms with E-state index in [2.05, 4.69) is 10.6 Å². The van der Waals surface area contributed by atoms with Crippen molar-refractivity contribution in [3.63, 3.8) is 0 Å². The minimum atomic E-state index is -0.483. The van der Waals surface area contributed by atoms with E-state index in [1.165, 1.54) is 14.2 Å². The average molecular weight is 608 g/mol. The Kier molecular flexibility index (Phi) is 8.03. The number of carbonyl (C=O) groups is 2. The molecule has 0 unspecified atom stereocenters. The Morgan fingerprint density at radius 2 is 1.59 bits per heavy atom. The third-order valence-corrected chi connectivity index (χ3v) is 8.02. The zero-order chi connectivity index (χ0) is 29.3. The Morgan fingerprint density at radius 1 is 0.902 bits per heavy atom. The Morgan fingerprint density at radius 3 is 2.24 bits per heavy atom. The van der Waals surface area contributed by atoms with Gasteiger partial charge < -0.3 is 25.8 Å². The fraction of sp³-hybridized carbons (Fsp3) is 0.100. The summed E-state index contributed by atoms with van der Waals surface area (Å²) in [7, 11) is 2.94. The van der Waals surface area contributed by atoms with Crippen molar-refractivity contribution in [3.05, 3.63) is 92.9 Å². The first kappa shape index (κ1) is 28.2. The molecule has 0 aliphatic heterocycles. The molecule has 2 aromatic heterocycles. The first-order valence-corrected chi connectivity index (χ1v) is 13.9. The third kappa shape index (κ3) is 5.52. The van der Waals surface area contributed by atoms with Crippen LogP contribution in [-0.4, -0.2) is 31.0 Å². The summed E-state index contributed by atoms with van der Waals surface area (Å²) in [4.78, 5) is 32.6. The number of nitrogens with one attached hydrogen (secondary N) is 2. The quantitative estimate of drug-likeness (QED) is 0.175. The molecule has 4 N–H and O–H groups in total. The van der Waals surface area contributed by atoms with Crippen LogP contribution in [0.4, 0.5) is 17.1 Å². The van der Waals surface area contributed by atoms with Gasteiger partial charge in [-0.1, -0.05) is 53.5 Å². The molecule has 2 amide bonds. The number of hydrogen-bond donors (Lipinski definition) is 3. The van der Waals surface area contributed by atoms with E-state index in [1.54, 1.807) is 55.5 Å². The maximum atomic E-state index is 13.7. The number of rotatable bonds is 7. The Hall–Kier alpha value is -4.31. The number of halogens is 2. The number of hydrogen-bond acceptors (Lipinski definition) is 7. The second-order valence-electron chi connectivity index (χ2n) is 8.94. The summed E-state index contributed by atoms with van der Waals surface area (Å²) >= 11 is 13.5. The topological polar surface area (TPSA) is 116 Å². The second kappa shape index (κ2) is 11.7. The van der Waals surface area contributed by atoms with E-state index >= 15 is 0 Å². The highest BCUT2D eigenvalue weighted by molar-refractivity contribution is 7.21. The van der Waals surface area contributed by atoms with Gasteiger partial charge >= 0.3 is 0 Å². The van der Waals surface area contributed by atoms with Crippen LogP contribution >= 0.6 is 34.5 Å². The van der Waals surface area contributed by atoms with Gasteiger partial charge in [-0.05, 0) is 36.8 Å². The molecule has 0 spiro atoms. The molecule has 0 aliphatic rings. The number of carbonyl (C=O) groups excluding carboxylic acids is 2. The van der Waals surface area contributed by atoms with Crippen molar-refractivity contribution >= 4 is 73.6 Å². The van der Waals surface area contributed by atoms with Gasteiger partial charge in [0.2, 0.25) is 0 Å². The zero-order valence-electron chi connectivity index (χ0n) is 22.2. The number of nitrogens with zero attached hydrogens (tertiary/aromatic N) is 1. The Bertz CT molecular complexity index is 1790. The lowest BCUT2D eigenvalue weighted by molar-refractivity contribution is 0.102. The summed E-state index contributed by atoms with van der Waals surface area (Å²) < 4.78 is 10.7. The van der Waals surface area contributed by atoms with Crippen molar-refractivity contribution in [2.75, 3.05) is 30.6 Å². The molecule has 0 saturated carbocycles. The van der Waals surface area contributed by atoms with Gasteiger partial charge in [0.05, 0.1) is 41.9 Å². The number of pyridine rings is 1. The number of nitrogen functional groups attached to an aromatic ring is 1. The van der Waals surface area contributed by atoms with Crippen molar-refractivity contribution in [2.45, 2.75) is 6.92 Å². The molecule has 5 rings (SSSR count). The molecular weight excluding hydrogens is 583 g/mol. The lowest BCUT2D eigenvalue weighted by Crippen LogP contribution is -2.16. The highest BCUT2D eigenvalue weighted by atomic mass is 35.5. The summed E-state index contributed by atoms with van der Waals surface area (Å²) in [6.45, 7) is 1.75. The number of fused-ring (bicyclic) bond motifs is 1. The van der Waals surface area contributed by atoms with E-state index in [9.17, 15) is 9.59 Å². The molecule has 8 nitrogen and oxygen atoms in total. The number of amides is 2. The smallest absolute Gasteiger partial charge is 0.268 e. The Balaban J connectivity index is 1.66. The van der Waals surface area contributed by atoms with Crippen LogP contribution < -0.4 is 25.8 Å². The maximum Gasteiger partial charge on any atom is 0.268 e. The Labute approximate surface area is 250 Å². The van der Waals surface area contributed by atoms with E-state index in [1.807, 2.05) is 18.2 Å². The first-order chi connectivity index (χ1) is 19.7. The molecule has 5 aromatic rings. The number of aryl methyl sites for hydroxylation is 1. The maximum absolute atomic E-state index is 13.7. The van der Waals surface area contributed by atoms with Gasteiger partial charge in [0.15, 0.2) is 0 Å². The van der Waals surface area contributed by atoms with E-state index < -0.39 is 5.91 Å². The number of thiophene rings is 1. The minimum absolute atomic E-state index is 0.189. The largest absolute Gasteiger partial charge is 0.495 e. The van der Waals surface area contributed by atoms with E-state index in [4.69, 9.17) is 43.4 Å². The summed E-state index contributed by atoms with van der Waals surface area (Å²) in [6.07, 6.45) is 0. The van der Waals surface area contributed by atoms with Gasteiger partial charge in [0, 0.05) is 33.8 Å². The summed E-state index contributed by atoms with van der Waals surface area (Å²) in [5.74, 6) is -0.131. The average Bonchev–Trinajstić information content (AvgIpc) is 3.29. The number of methoxy groups -OCH3 is 2. The molecule has 3 aromatic carbocycles. The number of anilines is 3. The zero-order valence-corrected chi connectivity index (χ0v) is 24.5. The number of benzene rings is 3. The fourth-order valence-corrected chi connectivity index (χ4v) is 5.87. The van der Waals surface area contributed by atoms with Gasteiger partial charge in [0.25, 0.3) is 11.8 Å². The van der Waals surface area contributed by atoms with Gasteiger partial charge in [0.1, 0.15) is 21.2 Å². The van der Waals surface area contributed by atoms with Crippen LogP contribution in [0.3, 0.4) is 0 Å². The number of aromatic nitrogens is 1. The van der Waals surface area contributed by atoms with Gasteiger partial charge in [-0.2, -0.15) is 0 Å². The molecule has 0 aliphatic carbocycles. The van der Waals surface area contributed by atoms with Crippen LogP contribution in [-0.2, 0) is 0 Å². The summed E-state index contributed by atoms with van der Waals surface area (Å²) in [6, 6.07) is 19.3. The monoisotopic (exact) mass is 606 g/mol. The van der Waals surface area contributed by atoms with Crippen molar-refractivity contribution < 1.29 is 19.1 Å².